The van der Waals surface area contributed by atoms with Crippen molar-refractivity contribution in [1.82, 2.24) is 5.32 Å². The highest BCUT2D eigenvalue weighted by Gasteiger charge is 2.26. The predicted molar refractivity (Wildman–Crippen MR) is 62.9 cm³/mol. The number of hydrogen-bond donors (Lipinski definition) is 3. The van der Waals surface area contributed by atoms with E-state index in [4.69, 9.17) is 18.8 Å². The van der Waals surface area contributed by atoms with Crippen molar-refractivity contribution >= 4 is 15.2 Å². The molecule has 1 saturated heterocycles. The molecule has 0 aliphatic carbocycles. The second-order valence-electron chi connectivity index (χ2n) is 3.92. The summed E-state index contributed by atoms with van der Waals surface area (Å²) in [6, 6.07) is 0. The molecule has 7 nitrogen and oxygen atoms in total. The van der Waals surface area contributed by atoms with Crippen LogP contribution in [0, 0.1) is 0 Å². The van der Waals surface area contributed by atoms with Crippen molar-refractivity contribution < 1.29 is 28.0 Å². The van der Waals surface area contributed by atoms with Crippen molar-refractivity contribution in [3.63, 3.8) is 0 Å². The van der Waals surface area contributed by atoms with Crippen LogP contribution in [-0.2, 0) is 18.2 Å². The second kappa shape index (κ2) is 7.00. The molecule has 0 aromatic carbocycles. The molecule has 0 unspecified atom stereocenters. The highest BCUT2D eigenvalue weighted by atomic mass is 31.2. The van der Waals surface area contributed by atoms with E-state index in [-0.39, 0.29) is 6.29 Å². The lowest BCUT2D eigenvalue weighted by Gasteiger charge is -2.18. The van der Waals surface area contributed by atoms with Crippen LogP contribution in [0.15, 0.2) is 0 Å². The average Bonchev–Trinajstić information content (AvgIpc) is 2.29. The molecule has 0 aromatic rings. The van der Waals surface area contributed by atoms with E-state index >= 15 is 0 Å². The van der Waals surface area contributed by atoms with Gasteiger partial charge in [0, 0.05) is 0 Å². The topological polar surface area (TPSA) is 105 Å². The zero-order valence-electron chi connectivity index (χ0n) is 9.58. The first-order chi connectivity index (χ1) is 7.91. The molecule has 1 fully saturated rings. The van der Waals surface area contributed by atoms with E-state index in [1.54, 1.807) is 0 Å². The summed E-state index contributed by atoms with van der Waals surface area (Å²) in [5.74, 6) is 0. The zero-order chi connectivity index (χ0) is 12.8. The fraction of sp³-hybridized carbons (Fsp3) is 1.00. The maximum absolute atomic E-state index is 12.1. The van der Waals surface area contributed by atoms with E-state index in [0.29, 0.717) is 13.2 Å². The Hall–Kier alpha value is 0.260. The fourth-order valence-electron chi connectivity index (χ4n) is 1.43. The lowest BCUT2D eigenvalue weighted by molar-refractivity contribution is 0.208. The molecule has 1 heterocycles. The van der Waals surface area contributed by atoms with Gasteiger partial charge in [0.15, 0.2) is 0 Å². The molecule has 1 rings (SSSR count). The van der Waals surface area contributed by atoms with Gasteiger partial charge in [0.1, 0.15) is 0 Å². The van der Waals surface area contributed by atoms with E-state index in [1.807, 2.05) is 0 Å². The lowest BCUT2D eigenvalue weighted by atomic mass is 10.2. The van der Waals surface area contributed by atoms with Crippen molar-refractivity contribution in [3.05, 3.63) is 0 Å². The van der Waals surface area contributed by atoms with Gasteiger partial charge in [0.2, 0.25) is 0 Å². The summed E-state index contributed by atoms with van der Waals surface area (Å²) in [5, 5.41) is 2.43. The van der Waals surface area contributed by atoms with Gasteiger partial charge in [0.05, 0.1) is 25.8 Å². The van der Waals surface area contributed by atoms with E-state index in [9.17, 15) is 9.13 Å². The molecule has 1 aliphatic rings. The van der Waals surface area contributed by atoms with E-state index in [1.165, 1.54) is 0 Å². The first-order valence-electron chi connectivity index (χ1n) is 5.55. The third-order valence-corrected chi connectivity index (χ3v) is 4.64. The summed E-state index contributed by atoms with van der Waals surface area (Å²) in [5.41, 5.74) is 0. The quantitative estimate of drug-likeness (QED) is 0.672. The van der Waals surface area contributed by atoms with Crippen molar-refractivity contribution in [3.8, 4) is 0 Å². The molecule has 0 atom stereocenters. The average molecular weight is 287 g/mol. The van der Waals surface area contributed by atoms with Gasteiger partial charge in [-0.05, 0) is 12.8 Å². The molecule has 0 bridgehead atoms. The molecule has 0 spiro atoms. The number of rotatable bonds is 4. The molecule has 17 heavy (non-hydrogen) atoms. The van der Waals surface area contributed by atoms with Gasteiger partial charge < -0.3 is 18.8 Å². The van der Waals surface area contributed by atoms with Gasteiger partial charge in [-0.1, -0.05) is 12.8 Å². The van der Waals surface area contributed by atoms with E-state index in [0.717, 1.165) is 25.7 Å². The van der Waals surface area contributed by atoms with Crippen molar-refractivity contribution in [2.24, 2.45) is 0 Å². The van der Waals surface area contributed by atoms with Crippen LogP contribution in [0.5, 0.6) is 0 Å². The van der Waals surface area contributed by atoms with Gasteiger partial charge in [-0.3, -0.25) is 14.4 Å². The molecule has 0 aromatic heterocycles. The first kappa shape index (κ1) is 15.3. The third kappa shape index (κ3) is 7.32. The van der Waals surface area contributed by atoms with Crippen LogP contribution >= 0.6 is 15.2 Å². The normalized spacial score (nSPS) is 22.5. The Labute approximate surface area is 101 Å². The Morgan fingerprint density at radius 3 is 2.12 bits per heavy atom. The molecule has 1 aliphatic heterocycles. The molecule has 102 valence electrons. The predicted octanol–water partition coefficient (Wildman–Crippen LogP) is 1.47. The lowest BCUT2D eigenvalue weighted by Crippen LogP contribution is -2.19. The third-order valence-electron chi connectivity index (χ3n) is 2.24. The summed E-state index contributed by atoms with van der Waals surface area (Å²) in [6.45, 7) is 0.712. The largest absolute Gasteiger partial charge is 0.344 e. The molecule has 9 heteroatoms. The highest BCUT2D eigenvalue weighted by molar-refractivity contribution is 7.54. The second-order valence-corrected chi connectivity index (χ2v) is 7.62. The SMILES string of the molecule is O=P(O)(O)CNCP1(=O)OCCCCCCO1. The van der Waals surface area contributed by atoms with Crippen LogP contribution in [0.4, 0.5) is 0 Å². The molecular formula is C8H19NO6P2. The van der Waals surface area contributed by atoms with Crippen LogP contribution in [0.3, 0.4) is 0 Å². The Morgan fingerprint density at radius 1 is 1.12 bits per heavy atom. The summed E-state index contributed by atoms with van der Waals surface area (Å²) in [6.07, 6.45) is 2.98. The smallest absolute Gasteiger partial charge is 0.324 e. The number of hydrogen-bond acceptors (Lipinski definition) is 5. The molecule has 0 saturated carbocycles. The highest BCUT2D eigenvalue weighted by Crippen LogP contribution is 2.48. The fourth-order valence-corrected chi connectivity index (χ4v) is 3.46. The van der Waals surface area contributed by atoms with Gasteiger partial charge in [-0.2, -0.15) is 0 Å². The van der Waals surface area contributed by atoms with Crippen LogP contribution in [0.1, 0.15) is 25.7 Å². The standard InChI is InChI=1S/C8H19NO6P2/c10-16(11,12)7-9-8-17(13)14-5-3-1-2-4-6-15-17/h9H,1-8H2,(H2,10,11,12). The minimum Gasteiger partial charge on any atom is -0.324 e. The van der Waals surface area contributed by atoms with Gasteiger partial charge in [-0.25, -0.2) is 0 Å². The molecule has 0 amide bonds. The maximum atomic E-state index is 12.1. The van der Waals surface area contributed by atoms with Crippen molar-refractivity contribution in [2.75, 3.05) is 25.8 Å². The van der Waals surface area contributed by atoms with Crippen molar-refractivity contribution in [1.29, 1.82) is 0 Å². The summed E-state index contributed by atoms with van der Waals surface area (Å²) >= 11 is 0. The Morgan fingerprint density at radius 2 is 1.65 bits per heavy atom. The zero-order valence-corrected chi connectivity index (χ0v) is 11.4. The maximum Gasteiger partial charge on any atom is 0.344 e. The summed E-state index contributed by atoms with van der Waals surface area (Å²) in [7, 11) is -7.39. The monoisotopic (exact) mass is 287 g/mol. The first-order valence-corrected chi connectivity index (χ1v) is 9.07. The van der Waals surface area contributed by atoms with Crippen LogP contribution < -0.4 is 5.32 Å². The summed E-state index contributed by atoms with van der Waals surface area (Å²) < 4.78 is 33.1. The van der Waals surface area contributed by atoms with Crippen LogP contribution in [0.2, 0.25) is 0 Å². The van der Waals surface area contributed by atoms with Gasteiger partial charge in [0.25, 0.3) is 0 Å². The van der Waals surface area contributed by atoms with Gasteiger partial charge >= 0.3 is 15.2 Å². The minimum absolute atomic E-state index is 0.169. The van der Waals surface area contributed by atoms with Gasteiger partial charge in [-0.15, -0.1) is 0 Å². The minimum atomic E-state index is -4.13. The Balaban J connectivity index is 2.40. The van der Waals surface area contributed by atoms with E-state index in [2.05, 4.69) is 5.32 Å². The van der Waals surface area contributed by atoms with Crippen LogP contribution in [-0.4, -0.2) is 35.6 Å². The Bertz CT molecular complexity index is 303. The van der Waals surface area contributed by atoms with Crippen LogP contribution in [0.25, 0.3) is 0 Å². The molecule has 3 N–H and O–H groups in total. The van der Waals surface area contributed by atoms with E-state index < -0.39 is 21.5 Å². The summed E-state index contributed by atoms with van der Waals surface area (Å²) in [4.78, 5) is 17.3. The number of nitrogens with one attached hydrogen (secondary N) is 1. The molecular weight excluding hydrogens is 268 g/mol. The van der Waals surface area contributed by atoms with Crippen molar-refractivity contribution in [2.45, 2.75) is 25.7 Å². The Kier molecular flexibility index (Phi) is 6.31. The molecule has 0 radical (unpaired) electrons.